The van der Waals surface area contributed by atoms with Crippen LogP contribution in [-0.4, -0.2) is 0 Å². The van der Waals surface area contributed by atoms with E-state index in [2.05, 4.69) is 41.5 Å². The van der Waals surface area contributed by atoms with Crippen LogP contribution >= 0.6 is 0 Å². The first-order valence-corrected chi connectivity index (χ1v) is 13.8. The second kappa shape index (κ2) is 8.50. The first-order valence-electron chi connectivity index (χ1n) is 13.8. The Morgan fingerprint density at radius 2 is 1.55 bits per heavy atom. The Kier molecular flexibility index (Phi) is 6.51. The van der Waals surface area contributed by atoms with Gasteiger partial charge in [0.15, 0.2) is 0 Å². The smallest absolute Gasteiger partial charge is 0.0264 e. The minimum absolute atomic E-state index is 0.683. The van der Waals surface area contributed by atoms with Crippen LogP contribution in [0.4, 0.5) is 0 Å². The molecule has 0 spiro atoms. The van der Waals surface area contributed by atoms with Gasteiger partial charge in [0, 0.05) is 0 Å². The Balaban J connectivity index is 1.44. The standard InChI is InChI=1S/C29H52/c1-7-22(20(2)3)12-11-21(4)23-15-19-29(6)26(23)14-13-24-25-10-8-9-17-28(25,5)18-16-27(24)29/h20-27H,7-19H2,1-6H3. The van der Waals surface area contributed by atoms with E-state index in [4.69, 9.17) is 0 Å². The topological polar surface area (TPSA) is 0 Å². The van der Waals surface area contributed by atoms with Crippen molar-refractivity contribution in [2.24, 2.45) is 58.2 Å². The molecule has 9 unspecified atom stereocenters. The van der Waals surface area contributed by atoms with Crippen LogP contribution in [0.5, 0.6) is 0 Å². The van der Waals surface area contributed by atoms with Crippen LogP contribution in [-0.2, 0) is 0 Å². The molecule has 168 valence electrons. The summed E-state index contributed by atoms with van der Waals surface area (Å²) in [5.41, 5.74) is 1.39. The van der Waals surface area contributed by atoms with Crippen LogP contribution in [0.3, 0.4) is 0 Å². The molecule has 0 aromatic rings. The van der Waals surface area contributed by atoms with E-state index in [-0.39, 0.29) is 0 Å². The van der Waals surface area contributed by atoms with Crippen LogP contribution in [0.25, 0.3) is 0 Å². The summed E-state index contributed by atoms with van der Waals surface area (Å²) < 4.78 is 0. The summed E-state index contributed by atoms with van der Waals surface area (Å²) in [6.07, 6.45) is 19.8. The van der Waals surface area contributed by atoms with Gasteiger partial charge >= 0.3 is 0 Å². The van der Waals surface area contributed by atoms with Gasteiger partial charge in [-0.05, 0) is 116 Å². The van der Waals surface area contributed by atoms with Crippen molar-refractivity contribution in [1.29, 1.82) is 0 Å². The Hall–Kier alpha value is 0. The number of rotatable bonds is 6. The fraction of sp³-hybridized carbons (Fsp3) is 1.00. The molecule has 4 aliphatic rings. The zero-order valence-corrected chi connectivity index (χ0v) is 20.8. The molecule has 0 aromatic heterocycles. The highest BCUT2D eigenvalue weighted by Crippen LogP contribution is 2.68. The molecule has 0 heterocycles. The molecule has 0 aromatic carbocycles. The Labute approximate surface area is 183 Å². The maximum atomic E-state index is 2.77. The monoisotopic (exact) mass is 400 g/mol. The SMILES string of the molecule is CCC(CCC(C)C1CCC2(C)C1CCC1C3CCCCC3(C)CCC12)C(C)C. The predicted octanol–water partition coefficient (Wildman–Crippen LogP) is 9.13. The fourth-order valence-corrected chi connectivity index (χ4v) is 9.78. The van der Waals surface area contributed by atoms with Gasteiger partial charge in [-0.25, -0.2) is 0 Å². The molecule has 0 amide bonds. The Bertz CT molecular complexity index is 548. The summed E-state index contributed by atoms with van der Waals surface area (Å²) >= 11 is 0. The van der Waals surface area contributed by atoms with Crippen molar-refractivity contribution in [2.45, 2.75) is 125 Å². The number of fused-ring (bicyclic) bond motifs is 5. The summed E-state index contributed by atoms with van der Waals surface area (Å²) in [5.74, 6) is 8.06. The molecule has 4 aliphatic carbocycles. The van der Waals surface area contributed by atoms with Gasteiger partial charge in [-0.2, -0.15) is 0 Å². The van der Waals surface area contributed by atoms with Crippen LogP contribution in [0.1, 0.15) is 125 Å². The van der Waals surface area contributed by atoms with Crippen LogP contribution in [0.2, 0.25) is 0 Å². The number of hydrogen-bond donors (Lipinski definition) is 0. The van der Waals surface area contributed by atoms with E-state index in [0.717, 1.165) is 47.3 Å². The van der Waals surface area contributed by atoms with Gasteiger partial charge in [-0.1, -0.05) is 67.2 Å². The molecule has 4 rings (SSSR count). The van der Waals surface area contributed by atoms with Gasteiger partial charge in [-0.15, -0.1) is 0 Å². The third-order valence-electron chi connectivity index (χ3n) is 11.7. The average molecular weight is 401 g/mol. The van der Waals surface area contributed by atoms with Crippen molar-refractivity contribution in [3.63, 3.8) is 0 Å². The summed E-state index contributed by atoms with van der Waals surface area (Å²) in [7, 11) is 0. The molecule has 4 saturated carbocycles. The molecule has 0 nitrogen and oxygen atoms in total. The maximum Gasteiger partial charge on any atom is -0.0264 e. The van der Waals surface area contributed by atoms with Gasteiger partial charge < -0.3 is 0 Å². The second-order valence-electron chi connectivity index (χ2n) is 13.2. The molecule has 4 fully saturated rings. The zero-order chi connectivity index (χ0) is 20.8. The highest BCUT2D eigenvalue weighted by Gasteiger charge is 2.59. The lowest BCUT2D eigenvalue weighted by Crippen LogP contribution is -2.52. The summed E-state index contributed by atoms with van der Waals surface area (Å²) in [5, 5.41) is 0. The number of hydrogen-bond acceptors (Lipinski definition) is 0. The minimum Gasteiger partial charge on any atom is -0.0651 e. The normalized spacial score (nSPS) is 46.7. The van der Waals surface area contributed by atoms with E-state index in [9.17, 15) is 0 Å². The Morgan fingerprint density at radius 1 is 0.759 bits per heavy atom. The van der Waals surface area contributed by atoms with E-state index < -0.39 is 0 Å². The highest BCUT2D eigenvalue weighted by molar-refractivity contribution is 5.08. The molecule has 9 atom stereocenters. The highest BCUT2D eigenvalue weighted by atomic mass is 14.6. The molecule has 0 bridgehead atoms. The van der Waals surface area contributed by atoms with Gasteiger partial charge in [-0.3, -0.25) is 0 Å². The zero-order valence-electron chi connectivity index (χ0n) is 20.8. The van der Waals surface area contributed by atoms with Crippen molar-refractivity contribution < 1.29 is 0 Å². The van der Waals surface area contributed by atoms with Crippen LogP contribution in [0, 0.1) is 58.2 Å². The third kappa shape index (κ3) is 3.86. The molecule has 0 radical (unpaired) electrons. The van der Waals surface area contributed by atoms with Crippen molar-refractivity contribution >= 4 is 0 Å². The van der Waals surface area contributed by atoms with E-state index >= 15 is 0 Å². The van der Waals surface area contributed by atoms with Crippen LogP contribution < -0.4 is 0 Å². The van der Waals surface area contributed by atoms with Gasteiger partial charge in [0.05, 0.1) is 0 Å². The Morgan fingerprint density at radius 3 is 2.28 bits per heavy atom. The average Bonchev–Trinajstić information content (AvgIpc) is 3.04. The van der Waals surface area contributed by atoms with Crippen molar-refractivity contribution in [1.82, 2.24) is 0 Å². The second-order valence-corrected chi connectivity index (χ2v) is 13.2. The van der Waals surface area contributed by atoms with Crippen molar-refractivity contribution in [2.75, 3.05) is 0 Å². The summed E-state index contributed by atoms with van der Waals surface area (Å²) in [4.78, 5) is 0. The van der Waals surface area contributed by atoms with Crippen molar-refractivity contribution in [3.8, 4) is 0 Å². The van der Waals surface area contributed by atoms with Gasteiger partial charge in [0.2, 0.25) is 0 Å². The molecular formula is C29H52. The largest absolute Gasteiger partial charge is 0.0651 e. The van der Waals surface area contributed by atoms with E-state index in [0.29, 0.717) is 10.8 Å². The summed E-state index contributed by atoms with van der Waals surface area (Å²) in [6, 6.07) is 0. The molecular weight excluding hydrogens is 348 g/mol. The third-order valence-corrected chi connectivity index (χ3v) is 11.7. The lowest BCUT2D eigenvalue weighted by Gasteiger charge is -2.60. The lowest BCUT2D eigenvalue weighted by molar-refractivity contribution is -0.108. The van der Waals surface area contributed by atoms with E-state index in [1.807, 2.05) is 0 Å². The van der Waals surface area contributed by atoms with Crippen molar-refractivity contribution in [3.05, 3.63) is 0 Å². The van der Waals surface area contributed by atoms with Gasteiger partial charge in [0.25, 0.3) is 0 Å². The molecule has 0 saturated heterocycles. The summed E-state index contributed by atoms with van der Waals surface area (Å²) in [6.45, 7) is 15.4. The molecule has 0 heteroatoms. The first-order chi connectivity index (χ1) is 13.8. The van der Waals surface area contributed by atoms with E-state index in [1.54, 1.807) is 44.9 Å². The molecule has 0 N–H and O–H groups in total. The maximum absolute atomic E-state index is 2.77. The van der Waals surface area contributed by atoms with Gasteiger partial charge in [0.1, 0.15) is 0 Å². The molecule has 0 aliphatic heterocycles. The van der Waals surface area contributed by atoms with E-state index in [1.165, 1.54) is 38.5 Å². The fourth-order valence-electron chi connectivity index (χ4n) is 9.78. The van der Waals surface area contributed by atoms with Crippen LogP contribution in [0.15, 0.2) is 0 Å². The minimum atomic E-state index is 0.683. The predicted molar refractivity (Wildman–Crippen MR) is 127 cm³/mol. The lowest BCUT2D eigenvalue weighted by atomic mass is 9.45. The quantitative estimate of drug-likeness (QED) is 0.417. The first kappa shape index (κ1) is 22.2. The molecule has 29 heavy (non-hydrogen) atoms.